The maximum atomic E-state index is 6.50. The molecule has 0 fully saturated rings. The van der Waals surface area contributed by atoms with Crippen LogP contribution in [0.5, 0.6) is 0 Å². The monoisotopic (exact) mass is 130 g/mol. The standard InChI is InChI=1S/CHN.Cu.K.H/c1-2;;;/h1H;;;/q;;+1;-1. The summed E-state index contributed by atoms with van der Waals surface area (Å²) in [6.45, 7) is 3.50. The van der Waals surface area contributed by atoms with E-state index in [1.165, 1.54) is 0 Å². The molecule has 0 aromatic rings. The number of nitriles is 1. The smallest absolute Gasteiger partial charge is 1.00 e. The van der Waals surface area contributed by atoms with Gasteiger partial charge in [-0.1, -0.05) is 0 Å². The van der Waals surface area contributed by atoms with Crippen molar-refractivity contribution in [2.24, 2.45) is 0 Å². The largest absolute Gasteiger partial charge is 1.00 e. The van der Waals surface area contributed by atoms with Crippen LogP contribution in [0, 0.1) is 11.8 Å². The second kappa shape index (κ2) is 22.8. The zero-order valence-corrected chi connectivity index (χ0v) is 6.39. The van der Waals surface area contributed by atoms with Gasteiger partial charge in [0.15, 0.2) is 0 Å². The van der Waals surface area contributed by atoms with Crippen molar-refractivity contribution in [3.05, 3.63) is 0 Å². The zero-order valence-electron chi connectivity index (χ0n) is 3.33. The Bertz CT molecular complexity index is 16.4. The molecule has 0 spiro atoms. The van der Waals surface area contributed by atoms with Gasteiger partial charge in [0, 0.05) is 23.6 Å². The van der Waals surface area contributed by atoms with Crippen LogP contribution in [0.4, 0.5) is 0 Å². The molecule has 1 radical (unpaired) electrons. The molecule has 4 heavy (non-hydrogen) atoms. The molecule has 0 bridgehead atoms. The molecule has 0 aromatic carbocycles. The molecule has 0 heterocycles. The van der Waals surface area contributed by atoms with E-state index >= 15 is 0 Å². The molecule has 0 amide bonds. The predicted molar refractivity (Wildman–Crippen MR) is 7.78 cm³/mol. The van der Waals surface area contributed by atoms with Crippen molar-refractivity contribution in [2.75, 3.05) is 0 Å². The number of rotatable bonds is 0. The fourth-order valence-corrected chi connectivity index (χ4v) is 0. The van der Waals surface area contributed by atoms with E-state index in [-0.39, 0.29) is 69.9 Å². The van der Waals surface area contributed by atoms with Gasteiger partial charge in [0.05, 0.1) is 0 Å². The van der Waals surface area contributed by atoms with E-state index in [1.807, 2.05) is 0 Å². The number of hydrogen-bond acceptors (Lipinski definition) is 1. The Labute approximate surface area is 80.1 Å². The Hall–Kier alpha value is 1.65. The van der Waals surface area contributed by atoms with Crippen molar-refractivity contribution in [1.82, 2.24) is 0 Å². The van der Waals surface area contributed by atoms with Crippen LogP contribution in [0.25, 0.3) is 0 Å². The van der Waals surface area contributed by atoms with Gasteiger partial charge in [-0.2, -0.15) is 0 Å². The molecule has 1 nitrogen and oxygen atoms in total. The van der Waals surface area contributed by atoms with E-state index in [0.717, 1.165) is 0 Å². The van der Waals surface area contributed by atoms with E-state index in [0.29, 0.717) is 0 Å². The molecule has 0 atom stereocenters. The summed E-state index contributed by atoms with van der Waals surface area (Å²) in [5, 5.41) is 6.50. The minimum Gasteiger partial charge on any atom is -1.00 e. The third kappa shape index (κ3) is 9.42. The maximum Gasteiger partial charge on any atom is 1.00 e. The minimum atomic E-state index is 0. The molecule has 0 N–H and O–H groups in total. The van der Waals surface area contributed by atoms with Crippen molar-refractivity contribution in [3.8, 4) is 6.57 Å². The molecule has 3 heteroatoms. The Morgan fingerprint density at radius 1 is 1.50 bits per heavy atom. The van der Waals surface area contributed by atoms with Crippen molar-refractivity contribution < 1.29 is 69.9 Å². The molecular formula is CH2CuKN. The van der Waals surface area contributed by atoms with Crippen molar-refractivity contribution in [1.29, 1.82) is 5.26 Å². The van der Waals surface area contributed by atoms with E-state index < -0.39 is 0 Å². The van der Waals surface area contributed by atoms with E-state index in [1.54, 1.807) is 0 Å². The molecule has 0 unspecified atom stereocenters. The first-order valence-electron chi connectivity index (χ1n) is 0.258. The fourth-order valence-electron chi connectivity index (χ4n) is 0. The molecule has 23 valence electrons. The van der Waals surface area contributed by atoms with Gasteiger partial charge in [-0.25, -0.2) is 5.26 Å². The third-order valence-corrected chi connectivity index (χ3v) is 0. The van der Waals surface area contributed by atoms with Crippen LogP contribution in [0.15, 0.2) is 0 Å². The first-order valence-corrected chi connectivity index (χ1v) is 0.258. The molecule has 0 rings (SSSR count). The second-order valence-electron chi connectivity index (χ2n) is 0. The summed E-state index contributed by atoms with van der Waals surface area (Å²) in [7, 11) is 0. The topological polar surface area (TPSA) is 23.8 Å². The SMILES string of the molecule is C#N.[Cu].[H-].[K+]. The summed E-state index contributed by atoms with van der Waals surface area (Å²) in [6, 6.07) is 0. The van der Waals surface area contributed by atoms with Crippen LogP contribution in [-0.2, 0) is 17.1 Å². The zero-order chi connectivity index (χ0) is 2.00. The second-order valence-corrected chi connectivity index (χ2v) is 0. The van der Waals surface area contributed by atoms with Crippen LogP contribution < -0.4 is 51.4 Å². The summed E-state index contributed by atoms with van der Waals surface area (Å²) in [5.74, 6) is 0. The molecule has 0 saturated heterocycles. The molecule has 0 aliphatic heterocycles. The van der Waals surface area contributed by atoms with Gasteiger partial charge < -0.3 is 1.43 Å². The van der Waals surface area contributed by atoms with Crippen LogP contribution >= 0.6 is 0 Å². The average molecular weight is 131 g/mol. The number of hydrogen-bond donors (Lipinski definition) is 0. The fraction of sp³-hybridized carbons (Fsp3) is 0. The molecule has 0 saturated carbocycles. The number of nitrogens with zero attached hydrogens (tertiary/aromatic N) is 1. The van der Waals surface area contributed by atoms with Gasteiger partial charge in [-0.05, 0) is 0 Å². The summed E-state index contributed by atoms with van der Waals surface area (Å²) in [4.78, 5) is 0. The van der Waals surface area contributed by atoms with Crippen LogP contribution in [-0.4, -0.2) is 0 Å². The maximum absolute atomic E-state index is 6.50. The summed E-state index contributed by atoms with van der Waals surface area (Å²) < 4.78 is 0. The van der Waals surface area contributed by atoms with Gasteiger partial charge in [-0.15, -0.1) is 0 Å². The van der Waals surface area contributed by atoms with Gasteiger partial charge in [-0.3, -0.25) is 0 Å². The van der Waals surface area contributed by atoms with Crippen LogP contribution in [0.1, 0.15) is 1.43 Å². The molecule has 0 aliphatic carbocycles. The summed E-state index contributed by atoms with van der Waals surface area (Å²) in [6.07, 6.45) is 0. The summed E-state index contributed by atoms with van der Waals surface area (Å²) in [5.41, 5.74) is 0. The summed E-state index contributed by atoms with van der Waals surface area (Å²) >= 11 is 0. The van der Waals surface area contributed by atoms with Crippen molar-refractivity contribution >= 4 is 0 Å². The first-order chi connectivity index (χ1) is 1.00. The van der Waals surface area contributed by atoms with Gasteiger partial charge in [0.1, 0.15) is 0 Å². The Kier molecular flexibility index (Phi) is 99.2. The Balaban J connectivity index is -0.00000000167. The predicted octanol–water partition coefficient (Wildman–Crippen LogP) is -2.75. The van der Waals surface area contributed by atoms with E-state index in [4.69, 9.17) is 5.26 Å². The van der Waals surface area contributed by atoms with Crippen LogP contribution in [0.2, 0.25) is 0 Å². The minimum absolute atomic E-state index is 0. The molecule has 0 aliphatic rings. The van der Waals surface area contributed by atoms with E-state index in [9.17, 15) is 0 Å². The molecular weight excluding hydrogens is 129 g/mol. The van der Waals surface area contributed by atoms with Gasteiger partial charge >= 0.3 is 51.4 Å². The Morgan fingerprint density at radius 3 is 1.50 bits per heavy atom. The molecule has 0 aromatic heterocycles. The quantitative estimate of drug-likeness (QED) is 0.327. The Morgan fingerprint density at radius 2 is 1.50 bits per heavy atom. The normalized spacial score (nSPS) is 0.500. The third-order valence-electron chi connectivity index (χ3n) is 0. The van der Waals surface area contributed by atoms with Gasteiger partial charge in [0.25, 0.3) is 0 Å². The van der Waals surface area contributed by atoms with Crippen LogP contribution in [0.3, 0.4) is 0 Å². The first kappa shape index (κ1) is 17.4. The van der Waals surface area contributed by atoms with Crippen molar-refractivity contribution in [2.45, 2.75) is 0 Å². The van der Waals surface area contributed by atoms with Crippen molar-refractivity contribution in [3.63, 3.8) is 0 Å². The average Bonchev–Trinajstić information content (AvgIpc) is 1.00. The van der Waals surface area contributed by atoms with E-state index in [2.05, 4.69) is 6.57 Å². The van der Waals surface area contributed by atoms with Gasteiger partial charge in [0.2, 0.25) is 0 Å².